The molecule has 0 N–H and O–H groups in total. The van der Waals surface area contributed by atoms with Gasteiger partial charge >= 0.3 is 5.97 Å². The summed E-state index contributed by atoms with van der Waals surface area (Å²) in [5.74, 6) is -0.489. The van der Waals surface area contributed by atoms with Crippen molar-refractivity contribution in [3.63, 3.8) is 0 Å². The molecule has 1 heterocycles. The minimum absolute atomic E-state index is 0.00419. The maximum absolute atomic E-state index is 13.7. The Labute approximate surface area is 213 Å². The first-order chi connectivity index (χ1) is 17.3. The first-order valence-electron chi connectivity index (χ1n) is 12.6. The van der Waals surface area contributed by atoms with Gasteiger partial charge < -0.3 is 9.64 Å². The summed E-state index contributed by atoms with van der Waals surface area (Å²) in [5, 5.41) is 0. The van der Waals surface area contributed by atoms with Crippen molar-refractivity contribution in [2.75, 3.05) is 40.3 Å². The molecule has 2 aliphatic rings. The summed E-state index contributed by atoms with van der Waals surface area (Å²) in [6.07, 6.45) is 0.997. The second-order valence-corrected chi connectivity index (χ2v) is 9.90. The molecule has 1 aliphatic carbocycles. The number of rotatable bonds is 9. The van der Waals surface area contributed by atoms with Gasteiger partial charge in [-0.15, -0.1) is 0 Å². The summed E-state index contributed by atoms with van der Waals surface area (Å²) in [4.78, 5) is 42.8. The van der Waals surface area contributed by atoms with Crippen molar-refractivity contribution < 1.29 is 23.6 Å². The van der Waals surface area contributed by atoms with E-state index in [-0.39, 0.29) is 35.1 Å². The standard InChI is InChI=1S/C30H35N2O4/c1-5-36-30(35)29-21(2)28-25(18-24(19-26(28)33)22-12-8-6-9-13-22)32(29,17-16-31(3)4)20-27(34)23-14-10-7-11-15-23/h6-15,24H,5,16-20H2,1-4H3/q+1. The minimum Gasteiger partial charge on any atom is -0.459 e. The van der Waals surface area contributed by atoms with E-state index in [2.05, 4.69) is 12.1 Å². The third-order valence-corrected chi connectivity index (χ3v) is 7.29. The average Bonchev–Trinajstić information content (AvgIpc) is 3.12. The Kier molecular flexibility index (Phi) is 7.67. The maximum Gasteiger partial charge on any atom is 0.393 e. The number of hydrogen-bond donors (Lipinski definition) is 0. The van der Waals surface area contributed by atoms with E-state index in [0.29, 0.717) is 48.3 Å². The smallest absolute Gasteiger partial charge is 0.393 e. The third kappa shape index (κ3) is 4.84. The summed E-state index contributed by atoms with van der Waals surface area (Å²) in [5.41, 5.74) is 4.25. The Bertz CT molecular complexity index is 1210. The van der Waals surface area contributed by atoms with Gasteiger partial charge in [0.15, 0.2) is 12.3 Å². The number of hydrogen-bond acceptors (Lipinski definition) is 5. The lowest BCUT2D eigenvalue weighted by molar-refractivity contribution is -0.841. The number of quaternary nitrogens is 1. The quantitative estimate of drug-likeness (QED) is 0.296. The topological polar surface area (TPSA) is 63.7 Å². The molecule has 4 rings (SSSR count). The molecule has 6 heteroatoms. The van der Waals surface area contributed by atoms with Crippen LogP contribution in [-0.2, 0) is 14.3 Å². The number of carbonyl (C=O) groups excluding carboxylic acids is 3. The van der Waals surface area contributed by atoms with Gasteiger partial charge in [-0.2, -0.15) is 0 Å². The molecule has 36 heavy (non-hydrogen) atoms. The molecule has 188 valence electrons. The van der Waals surface area contributed by atoms with Crippen molar-refractivity contribution in [2.45, 2.75) is 32.6 Å². The largest absolute Gasteiger partial charge is 0.459 e. The van der Waals surface area contributed by atoms with Crippen molar-refractivity contribution in [1.82, 2.24) is 4.90 Å². The second-order valence-electron chi connectivity index (χ2n) is 9.90. The summed E-state index contributed by atoms with van der Waals surface area (Å²) in [6.45, 7) is 5.03. The highest BCUT2D eigenvalue weighted by molar-refractivity contribution is 6.05. The maximum atomic E-state index is 13.7. The highest BCUT2D eigenvalue weighted by Crippen LogP contribution is 2.49. The lowest BCUT2D eigenvalue weighted by atomic mass is 9.80. The zero-order chi connectivity index (χ0) is 25.9. The average molecular weight is 488 g/mol. The number of esters is 1. The summed E-state index contributed by atoms with van der Waals surface area (Å²) in [7, 11) is 3.95. The third-order valence-electron chi connectivity index (χ3n) is 7.29. The predicted octanol–water partition coefficient (Wildman–Crippen LogP) is 4.50. The normalized spacial score (nSPS) is 21.7. The van der Waals surface area contributed by atoms with Crippen molar-refractivity contribution >= 4 is 17.5 Å². The number of ether oxygens (including phenoxy) is 1. The van der Waals surface area contributed by atoms with Gasteiger partial charge in [0.25, 0.3) is 0 Å². The van der Waals surface area contributed by atoms with Crippen molar-refractivity contribution in [2.24, 2.45) is 0 Å². The summed E-state index contributed by atoms with van der Waals surface area (Å²) in [6, 6.07) is 19.2. The Morgan fingerprint density at radius 1 is 1.00 bits per heavy atom. The van der Waals surface area contributed by atoms with E-state index in [4.69, 9.17) is 4.74 Å². The molecule has 0 bridgehead atoms. The van der Waals surface area contributed by atoms with Crippen LogP contribution in [0.15, 0.2) is 83.2 Å². The van der Waals surface area contributed by atoms with E-state index < -0.39 is 5.97 Å². The fraction of sp³-hybridized carbons (Fsp3) is 0.367. The van der Waals surface area contributed by atoms with Crippen LogP contribution in [-0.4, -0.2) is 67.3 Å². The Morgan fingerprint density at radius 2 is 1.64 bits per heavy atom. The van der Waals surface area contributed by atoms with Crippen molar-refractivity contribution in [3.05, 3.63) is 94.3 Å². The Hall–Kier alpha value is -3.35. The van der Waals surface area contributed by atoms with Gasteiger partial charge in [-0.3, -0.25) is 9.59 Å². The molecule has 6 nitrogen and oxygen atoms in total. The second kappa shape index (κ2) is 10.7. The molecule has 1 aliphatic heterocycles. The Balaban J connectivity index is 1.87. The van der Waals surface area contributed by atoms with Crippen LogP contribution in [0.1, 0.15) is 48.5 Å². The van der Waals surface area contributed by atoms with Crippen LogP contribution in [0.25, 0.3) is 0 Å². The van der Waals surface area contributed by atoms with Crippen LogP contribution in [0.5, 0.6) is 0 Å². The molecular weight excluding hydrogens is 452 g/mol. The molecular formula is C30H35N2O4+. The number of Topliss-reactive ketones (excluding diaryl/α,β-unsaturated/α-hetero) is 2. The SMILES string of the molecule is CCOC(=O)C1=C(C)C2=C(CC(c3ccccc3)CC2=O)[N+]1(CCN(C)C)CC(=O)c1ccccc1. The zero-order valence-electron chi connectivity index (χ0n) is 21.6. The molecule has 2 aromatic carbocycles. The van der Waals surface area contributed by atoms with E-state index in [9.17, 15) is 14.4 Å². The van der Waals surface area contributed by atoms with E-state index in [1.54, 1.807) is 19.1 Å². The highest BCUT2D eigenvalue weighted by atomic mass is 16.5. The number of allylic oxidation sites excluding steroid dienone is 3. The number of likely N-dealkylation sites (N-methyl/N-ethyl adjacent to an activating group) is 1. The van der Waals surface area contributed by atoms with Crippen LogP contribution < -0.4 is 0 Å². The molecule has 0 saturated heterocycles. The van der Waals surface area contributed by atoms with Gasteiger partial charge in [-0.25, -0.2) is 9.28 Å². The molecule has 0 saturated carbocycles. The first-order valence-corrected chi connectivity index (χ1v) is 12.6. The fourth-order valence-electron chi connectivity index (χ4n) is 5.60. The van der Waals surface area contributed by atoms with E-state index in [1.807, 2.05) is 62.3 Å². The first kappa shape index (κ1) is 25.7. The van der Waals surface area contributed by atoms with Gasteiger partial charge in [0.1, 0.15) is 12.2 Å². The van der Waals surface area contributed by atoms with Gasteiger partial charge in [-0.05, 0) is 33.5 Å². The van der Waals surface area contributed by atoms with E-state index in [0.717, 1.165) is 11.3 Å². The van der Waals surface area contributed by atoms with Gasteiger partial charge in [0.2, 0.25) is 11.5 Å². The van der Waals surface area contributed by atoms with Crippen LogP contribution >= 0.6 is 0 Å². The molecule has 0 aromatic heterocycles. The molecule has 0 spiro atoms. The molecule has 2 unspecified atom stereocenters. The van der Waals surface area contributed by atoms with E-state index in [1.165, 1.54) is 0 Å². The number of nitrogens with zero attached hydrogens (tertiary/aromatic N) is 2. The molecule has 0 fully saturated rings. The van der Waals surface area contributed by atoms with Gasteiger partial charge in [0, 0.05) is 36.4 Å². The summed E-state index contributed by atoms with van der Waals surface area (Å²) >= 11 is 0. The Morgan fingerprint density at radius 3 is 2.25 bits per heavy atom. The van der Waals surface area contributed by atoms with Crippen molar-refractivity contribution in [3.8, 4) is 0 Å². The molecule has 2 aromatic rings. The molecule has 0 amide bonds. The molecule has 2 atom stereocenters. The zero-order valence-corrected chi connectivity index (χ0v) is 21.6. The lowest BCUT2D eigenvalue weighted by Crippen LogP contribution is -2.53. The lowest BCUT2D eigenvalue weighted by Gasteiger charge is -2.39. The van der Waals surface area contributed by atoms with Crippen molar-refractivity contribution in [1.29, 1.82) is 0 Å². The van der Waals surface area contributed by atoms with E-state index >= 15 is 0 Å². The van der Waals surface area contributed by atoms with Crippen LogP contribution in [0, 0.1) is 0 Å². The summed E-state index contributed by atoms with van der Waals surface area (Å²) < 4.78 is 5.57. The van der Waals surface area contributed by atoms with Crippen LogP contribution in [0.3, 0.4) is 0 Å². The fourth-order valence-corrected chi connectivity index (χ4v) is 5.60. The number of benzene rings is 2. The number of ketones is 2. The highest BCUT2D eigenvalue weighted by Gasteiger charge is 2.55. The van der Waals surface area contributed by atoms with Gasteiger partial charge in [0.05, 0.1) is 12.2 Å². The molecule has 0 radical (unpaired) electrons. The predicted molar refractivity (Wildman–Crippen MR) is 139 cm³/mol. The minimum atomic E-state index is -0.451. The number of carbonyl (C=O) groups is 3. The van der Waals surface area contributed by atoms with Crippen LogP contribution in [0.2, 0.25) is 0 Å². The van der Waals surface area contributed by atoms with Crippen LogP contribution in [0.4, 0.5) is 0 Å². The van der Waals surface area contributed by atoms with Gasteiger partial charge in [-0.1, -0.05) is 60.7 Å². The monoisotopic (exact) mass is 487 g/mol.